The van der Waals surface area contributed by atoms with Gasteiger partial charge < -0.3 is 4.42 Å². The summed E-state index contributed by atoms with van der Waals surface area (Å²) in [6, 6.07) is 23.1. The van der Waals surface area contributed by atoms with E-state index in [1.54, 1.807) is 11.3 Å². The van der Waals surface area contributed by atoms with Crippen molar-refractivity contribution in [2.75, 3.05) is 0 Å². The Bertz CT molecular complexity index is 1460. The van der Waals surface area contributed by atoms with E-state index in [9.17, 15) is 0 Å². The molecule has 118 valence electrons. The first-order chi connectivity index (χ1) is 12.3. The summed E-state index contributed by atoms with van der Waals surface area (Å²) >= 11 is 8.04. The molecular formula is C22H11ClOS. The average molecular weight is 359 g/mol. The molecule has 6 rings (SSSR count). The maximum atomic E-state index is 6.34. The molecule has 0 saturated heterocycles. The van der Waals surface area contributed by atoms with Crippen molar-refractivity contribution in [3.8, 4) is 0 Å². The minimum atomic E-state index is 0.755. The van der Waals surface area contributed by atoms with Crippen LogP contribution in [0.1, 0.15) is 0 Å². The van der Waals surface area contributed by atoms with E-state index in [0.29, 0.717) is 0 Å². The molecule has 0 radical (unpaired) electrons. The molecule has 0 aliphatic carbocycles. The molecule has 0 N–H and O–H groups in total. The molecule has 4 aromatic carbocycles. The molecule has 0 fully saturated rings. The highest BCUT2D eigenvalue weighted by molar-refractivity contribution is 7.26. The summed E-state index contributed by atoms with van der Waals surface area (Å²) in [5.41, 5.74) is 1.89. The molecule has 0 bridgehead atoms. The summed E-state index contributed by atoms with van der Waals surface area (Å²) in [5.74, 6) is 0. The van der Waals surface area contributed by atoms with E-state index in [1.165, 1.54) is 41.7 Å². The fourth-order valence-electron chi connectivity index (χ4n) is 3.84. The monoisotopic (exact) mass is 358 g/mol. The number of thiophene rings is 1. The summed E-state index contributed by atoms with van der Waals surface area (Å²) in [7, 11) is 0. The Morgan fingerprint density at radius 1 is 0.720 bits per heavy atom. The van der Waals surface area contributed by atoms with Gasteiger partial charge in [0.2, 0.25) is 0 Å². The van der Waals surface area contributed by atoms with Gasteiger partial charge in [0, 0.05) is 36.0 Å². The molecule has 0 aliphatic rings. The Morgan fingerprint density at radius 3 is 2.56 bits per heavy atom. The standard InChI is InChI=1S/C22H11ClOS/c23-13-6-9-18-16(11-13)21-19(25-18)10-7-15-20-14-4-2-1-3-12(14)5-8-17(20)24-22(15)21/h1-11H. The SMILES string of the molecule is Clc1ccc2sc3ccc4c(oc5ccc6ccccc6c54)c3c2c1. The third kappa shape index (κ3) is 1.78. The fourth-order valence-corrected chi connectivity index (χ4v) is 5.09. The van der Waals surface area contributed by atoms with Gasteiger partial charge in [-0.25, -0.2) is 0 Å². The maximum absolute atomic E-state index is 6.34. The van der Waals surface area contributed by atoms with E-state index in [0.717, 1.165) is 16.2 Å². The zero-order valence-electron chi connectivity index (χ0n) is 13.0. The van der Waals surface area contributed by atoms with Gasteiger partial charge in [-0.1, -0.05) is 41.9 Å². The molecule has 2 heterocycles. The van der Waals surface area contributed by atoms with Crippen LogP contribution in [0.3, 0.4) is 0 Å². The van der Waals surface area contributed by atoms with E-state index in [-0.39, 0.29) is 0 Å². The molecule has 2 aromatic heterocycles. The molecule has 0 atom stereocenters. The Morgan fingerprint density at radius 2 is 1.60 bits per heavy atom. The van der Waals surface area contributed by atoms with Gasteiger partial charge in [-0.3, -0.25) is 0 Å². The quantitative estimate of drug-likeness (QED) is 0.270. The largest absolute Gasteiger partial charge is 0.455 e. The van der Waals surface area contributed by atoms with Crippen molar-refractivity contribution in [1.29, 1.82) is 0 Å². The second-order valence-corrected chi connectivity index (χ2v) is 7.84. The third-order valence-electron chi connectivity index (χ3n) is 4.92. The van der Waals surface area contributed by atoms with Gasteiger partial charge in [-0.2, -0.15) is 0 Å². The Hall–Kier alpha value is -2.55. The first-order valence-electron chi connectivity index (χ1n) is 8.14. The lowest BCUT2D eigenvalue weighted by Gasteiger charge is -1.98. The zero-order chi connectivity index (χ0) is 16.5. The minimum absolute atomic E-state index is 0.755. The lowest BCUT2D eigenvalue weighted by Crippen LogP contribution is -1.73. The summed E-state index contributed by atoms with van der Waals surface area (Å²) in [4.78, 5) is 0. The molecule has 0 saturated carbocycles. The third-order valence-corrected chi connectivity index (χ3v) is 6.29. The zero-order valence-corrected chi connectivity index (χ0v) is 14.6. The van der Waals surface area contributed by atoms with E-state index in [4.69, 9.17) is 16.0 Å². The molecule has 0 aliphatic heterocycles. The van der Waals surface area contributed by atoms with Crippen LogP contribution in [0.25, 0.3) is 52.9 Å². The van der Waals surface area contributed by atoms with Crippen LogP contribution in [0.5, 0.6) is 0 Å². The maximum Gasteiger partial charge on any atom is 0.144 e. The second kappa shape index (κ2) is 4.75. The molecule has 3 heteroatoms. The van der Waals surface area contributed by atoms with Gasteiger partial charge in [-0.15, -0.1) is 11.3 Å². The molecule has 0 unspecified atom stereocenters. The summed E-state index contributed by atoms with van der Waals surface area (Å²) in [5, 5.41) is 7.91. The molecule has 6 aromatic rings. The number of hydrogen-bond donors (Lipinski definition) is 0. The van der Waals surface area contributed by atoms with E-state index >= 15 is 0 Å². The van der Waals surface area contributed by atoms with Gasteiger partial charge in [0.05, 0.1) is 0 Å². The minimum Gasteiger partial charge on any atom is -0.455 e. The van der Waals surface area contributed by atoms with E-state index < -0.39 is 0 Å². The van der Waals surface area contributed by atoms with Gasteiger partial charge in [0.15, 0.2) is 0 Å². The number of rotatable bonds is 0. The second-order valence-electron chi connectivity index (χ2n) is 6.32. The molecule has 0 amide bonds. The number of furan rings is 1. The smallest absolute Gasteiger partial charge is 0.144 e. The van der Waals surface area contributed by atoms with Crippen LogP contribution in [0.4, 0.5) is 0 Å². The number of halogens is 1. The summed E-state index contributed by atoms with van der Waals surface area (Å²) < 4.78 is 8.81. The molecule has 1 nitrogen and oxygen atoms in total. The lowest BCUT2D eigenvalue weighted by molar-refractivity contribution is 0.673. The van der Waals surface area contributed by atoms with Crippen molar-refractivity contribution in [3.05, 3.63) is 71.8 Å². The molecular weight excluding hydrogens is 348 g/mol. The number of hydrogen-bond acceptors (Lipinski definition) is 2. The lowest BCUT2D eigenvalue weighted by atomic mass is 10.0. The predicted molar refractivity (Wildman–Crippen MR) is 109 cm³/mol. The number of fused-ring (bicyclic) bond motifs is 9. The van der Waals surface area contributed by atoms with Gasteiger partial charge in [0.1, 0.15) is 11.2 Å². The first kappa shape index (κ1) is 13.7. The Labute approximate surface area is 152 Å². The fraction of sp³-hybridized carbons (Fsp3) is 0. The van der Waals surface area contributed by atoms with Gasteiger partial charge in [0.25, 0.3) is 0 Å². The summed E-state index contributed by atoms with van der Waals surface area (Å²) in [6.45, 7) is 0. The van der Waals surface area contributed by atoms with Crippen molar-refractivity contribution in [3.63, 3.8) is 0 Å². The Balaban J connectivity index is 1.92. The van der Waals surface area contributed by atoms with Crippen LogP contribution in [0.15, 0.2) is 71.1 Å². The van der Waals surface area contributed by atoms with Crippen LogP contribution in [-0.4, -0.2) is 0 Å². The summed E-state index contributed by atoms with van der Waals surface area (Å²) in [6.07, 6.45) is 0. The number of benzene rings is 4. The van der Waals surface area contributed by atoms with Crippen molar-refractivity contribution in [2.45, 2.75) is 0 Å². The normalized spacial score (nSPS) is 12.2. The molecule has 0 spiro atoms. The first-order valence-corrected chi connectivity index (χ1v) is 9.34. The highest BCUT2D eigenvalue weighted by Gasteiger charge is 2.16. The van der Waals surface area contributed by atoms with Crippen LogP contribution < -0.4 is 0 Å². The van der Waals surface area contributed by atoms with Crippen LogP contribution >= 0.6 is 22.9 Å². The topological polar surface area (TPSA) is 13.1 Å². The van der Waals surface area contributed by atoms with Gasteiger partial charge >= 0.3 is 0 Å². The predicted octanol–water partition coefficient (Wildman–Crippen LogP) is 7.76. The van der Waals surface area contributed by atoms with Crippen LogP contribution in [0, 0.1) is 0 Å². The van der Waals surface area contributed by atoms with Crippen LogP contribution in [0.2, 0.25) is 5.02 Å². The van der Waals surface area contributed by atoms with Crippen molar-refractivity contribution < 1.29 is 4.42 Å². The van der Waals surface area contributed by atoms with Crippen molar-refractivity contribution in [2.24, 2.45) is 0 Å². The van der Waals surface area contributed by atoms with Crippen molar-refractivity contribution in [1.82, 2.24) is 0 Å². The van der Waals surface area contributed by atoms with E-state index in [2.05, 4.69) is 54.6 Å². The van der Waals surface area contributed by atoms with Gasteiger partial charge in [-0.05, 0) is 47.2 Å². The Kier molecular flexibility index (Phi) is 2.61. The highest BCUT2D eigenvalue weighted by Crippen LogP contribution is 2.43. The van der Waals surface area contributed by atoms with Crippen molar-refractivity contribution >= 4 is 75.8 Å². The average Bonchev–Trinajstić information content (AvgIpc) is 3.19. The highest BCUT2D eigenvalue weighted by atomic mass is 35.5. The van der Waals surface area contributed by atoms with E-state index in [1.807, 2.05) is 12.1 Å². The molecule has 25 heavy (non-hydrogen) atoms. The van der Waals surface area contributed by atoms with Crippen LogP contribution in [-0.2, 0) is 0 Å².